The van der Waals surface area contributed by atoms with Crippen LogP contribution in [0.2, 0.25) is 0 Å². The number of fused-ring (bicyclic) bond motifs is 1. The molecule has 0 saturated carbocycles. The molecule has 2 aromatic carbocycles. The maximum atomic E-state index is 12.4. The maximum Gasteiger partial charge on any atom is 0.387 e. The Balaban J connectivity index is 1.85. The molecular formula is C16H12F2N2O2. The van der Waals surface area contributed by atoms with E-state index in [0.717, 1.165) is 10.9 Å². The number of hydrogen-bond donors (Lipinski definition) is 2. The monoisotopic (exact) mass is 302 g/mol. The molecule has 0 fully saturated rings. The highest BCUT2D eigenvalue weighted by Gasteiger charge is 2.14. The molecule has 22 heavy (non-hydrogen) atoms. The predicted octanol–water partition coefficient (Wildman–Crippen LogP) is 4.02. The molecular weight excluding hydrogens is 290 g/mol. The second-order valence-corrected chi connectivity index (χ2v) is 4.60. The van der Waals surface area contributed by atoms with Crippen LogP contribution in [0.3, 0.4) is 0 Å². The molecule has 1 aromatic heterocycles. The number of halogens is 2. The number of ether oxygens (including phenoxy) is 1. The van der Waals surface area contributed by atoms with Gasteiger partial charge in [0.2, 0.25) is 0 Å². The van der Waals surface area contributed by atoms with Crippen LogP contribution in [0.15, 0.2) is 54.6 Å². The van der Waals surface area contributed by atoms with Gasteiger partial charge in [-0.2, -0.15) is 8.78 Å². The van der Waals surface area contributed by atoms with Crippen molar-refractivity contribution >= 4 is 22.5 Å². The van der Waals surface area contributed by atoms with Gasteiger partial charge < -0.3 is 15.0 Å². The molecule has 3 rings (SSSR count). The van der Waals surface area contributed by atoms with Crippen molar-refractivity contribution in [1.82, 2.24) is 4.98 Å². The van der Waals surface area contributed by atoms with Crippen LogP contribution in [0.4, 0.5) is 14.5 Å². The molecule has 0 aliphatic carbocycles. The lowest BCUT2D eigenvalue weighted by Crippen LogP contribution is -2.14. The van der Waals surface area contributed by atoms with Crippen molar-refractivity contribution in [2.24, 2.45) is 0 Å². The molecule has 2 N–H and O–H groups in total. The van der Waals surface area contributed by atoms with E-state index in [9.17, 15) is 13.6 Å². The molecule has 0 unspecified atom stereocenters. The summed E-state index contributed by atoms with van der Waals surface area (Å²) in [6, 6.07) is 15.2. The molecule has 0 atom stereocenters. The molecule has 3 aromatic rings. The minimum atomic E-state index is -2.95. The van der Waals surface area contributed by atoms with Crippen molar-refractivity contribution < 1.29 is 18.3 Å². The van der Waals surface area contributed by atoms with Gasteiger partial charge in [-0.1, -0.05) is 30.3 Å². The molecule has 0 spiro atoms. The number of anilines is 1. The van der Waals surface area contributed by atoms with E-state index in [0.29, 0.717) is 5.69 Å². The third-order valence-corrected chi connectivity index (χ3v) is 3.13. The Kier molecular flexibility index (Phi) is 3.74. The van der Waals surface area contributed by atoms with Gasteiger partial charge in [0.15, 0.2) is 0 Å². The highest BCUT2D eigenvalue weighted by atomic mass is 19.3. The Hall–Kier alpha value is -2.89. The average molecular weight is 302 g/mol. The molecule has 0 aliphatic heterocycles. The van der Waals surface area contributed by atoms with Gasteiger partial charge in [-0.25, -0.2) is 0 Å². The number of para-hydroxylation sites is 3. The van der Waals surface area contributed by atoms with E-state index in [1.54, 1.807) is 18.2 Å². The van der Waals surface area contributed by atoms with Crippen LogP contribution in [0, 0.1) is 0 Å². The van der Waals surface area contributed by atoms with Gasteiger partial charge >= 0.3 is 6.61 Å². The molecule has 0 saturated heterocycles. The van der Waals surface area contributed by atoms with Gasteiger partial charge in [-0.15, -0.1) is 0 Å². The first-order chi connectivity index (χ1) is 10.6. The highest BCUT2D eigenvalue weighted by Crippen LogP contribution is 2.26. The van der Waals surface area contributed by atoms with Crippen LogP contribution in [0.5, 0.6) is 5.75 Å². The number of benzene rings is 2. The van der Waals surface area contributed by atoms with Gasteiger partial charge in [0.05, 0.1) is 5.69 Å². The van der Waals surface area contributed by atoms with Crippen LogP contribution in [0.25, 0.3) is 10.9 Å². The average Bonchev–Trinajstić information content (AvgIpc) is 2.93. The topological polar surface area (TPSA) is 54.1 Å². The summed E-state index contributed by atoms with van der Waals surface area (Å²) in [6.45, 7) is -2.95. The third kappa shape index (κ3) is 2.90. The first-order valence-corrected chi connectivity index (χ1v) is 6.56. The number of carbonyl (C=O) groups excluding carboxylic acids is 1. The number of H-pyrrole nitrogens is 1. The first kappa shape index (κ1) is 14.1. The fourth-order valence-electron chi connectivity index (χ4n) is 2.15. The predicted molar refractivity (Wildman–Crippen MR) is 79.3 cm³/mol. The Morgan fingerprint density at radius 2 is 1.82 bits per heavy atom. The van der Waals surface area contributed by atoms with E-state index < -0.39 is 12.5 Å². The van der Waals surface area contributed by atoms with Crippen molar-refractivity contribution in [3.63, 3.8) is 0 Å². The van der Waals surface area contributed by atoms with Gasteiger partial charge in [-0.05, 0) is 24.3 Å². The number of aromatic nitrogens is 1. The third-order valence-electron chi connectivity index (χ3n) is 3.13. The van der Waals surface area contributed by atoms with Crippen molar-refractivity contribution in [2.75, 3.05) is 5.32 Å². The zero-order chi connectivity index (χ0) is 15.5. The smallest absolute Gasteiger partial charge is 0.387 e. The second-order valence-electron chi connectivity index (χ2n) is 4.60. The lowest BCUT2D eigenvalue weighted by atomic mass is 10.2. The summed E-state index contributed by atoms with van der Waals surface area (Å²) in [4.78, 5) is 15.2. The summed E-state index contributed by atoms with van der Waals surface area (Å²) in [7, 11) is 0. The van der Waals surface area contributed by atoms with E-state index in [-0.39, 0.29) is 11.4 Å². The summed E-state index contributed by atoms with van der Waals surface area (Å²) < 4.78 is 29.1. The molecule has 6 heteroatoms. The maximum absolute atomic E-state index is 12.4. The lowest BCUT2D eigenvalue weighted by molar-refractivity contribution is -0.0493. The van der Waals surface area contributed by atoms with Crippen molar-refractivity contribution in [3.05, 3.63) is 60.3 Å². The first-order valence-electron chi connectivity index (χ1n) is 6.56. The minimum absolute atomic E-state index is 0.0815. The minimum Gasteiger partial charge on any atom is -0.433 e. The zero-order valence-corrected chi connectivity index (χ0v) is 11.3. The van der Waals surface area contributed by atoms with E-state index in [4.69, 9.17) is 0 Å². The van der Waals surface area contributed by atoms with E-state index >= 15 is 0 Å². The van der Waals surface area contributed by atoms with Crippen molar-refractivity contribution in [3.8, 4) is 5.75 Å². The summed E-state index contributed by atoms with van der Waals surface area (Å²) in [5.41, 5.74) is 1.35. The summed E-state index contributed by atoms with van der Waals surface area (Å²) in [5.74, 6) is -0.511. The highest BCUT2D eigenvalue weighted by molar-refractivity contribution is 6.06. The number of alkyl halides is 2. The summed E-state index contributed by atoms with van der Waals surface area (Å²) >= 11 is 0. The van der Waals surface area contributed by atoms with Crippen LogP contribution >= 0.6 is 0 Å². The summed E-state index contributed by atoms with van der Waals surface area (Å²) in [5, 5.41) is 3.46. The SMILES string of the molecule is O=C(Nc1ccccc1OC(F)F)c1cc2ccccc2[nH]1. The normalized spacial score (nSPS) is 10.9. The van der Waals surface area contributed by atoms with E-state index in [2.05, 4.69) is 15.0 Å². The Morgan fingerprint density at radius 3 is 2.59 bits per heavy atom. The van der Waals surface area contributed by atoms with Crippen LogP contribution < -0.4 is 10.1 Å². The Labute approximate surface area is 124 Å². The van der Waals surface area contributed by atoms with Crippen molar-refractivity contribution in [2.45, 2.75) is 6.61 Å². The van der Waals surface area contributed by atoms with E-state index in [1.165, 1.54) is 12.1 Å². The largest absolute Gasteiger partial charge is 0.433 e. The number of nitrogens with one attached hydrogen (secondary N) is 2. The lowest BCUT2D eigenvalue weighted by Gasteiger charge is -2.10. The molecule has 1 heterocycles. The van der Waals surface area contributed by atoms with Crippen LogP contribution in [0.1, 0.15) is 10.5 Å². The van der Waals surface area contributed by atoms with Gasteiger partial charge in [0.1, 0.15) is 11.4 Å². The standard InChI is InChI=1S/C16H12F2N2O2/c17-16(18)22-14-8-4-3-7-12(14)20-15(21)13-9-10-5-1-2-6-11(10)19-13/h1-9,16,19H,(H,20,21). The number of hydrogen-bond acceptors (Lipinski definition) is 2. The Bertz CT molecular complexity index is 782. The molecule has 0 aliphatic rings. The number of aromatic amines is 1. The summed E-state index contributed by atoms with van der Waals surface area (Å²) in [6.07, 6.45) is 0. The number of carbonyl (C=O) groups is 1. The van der Waals surface area contributed by atoms with Gasteiger partial charge in [0.25, 0.3) is 5.91 Å². The van der Waals surface area contributed by atoms with Crippen LogP contribution in [-0.4, -0.2) is 17.5 Å². The number of amides is 1. The Morgan fingerprint density at radius 1 is 1.09 bits per heavy atom. The molecule has 0 radical (unpaired) electrons. The van der Waals surface area contributed by atoms with E-state index in [1.807, 2.05) is 24.3 Å². The molecule has 1 amide bonds. The van der Waals surface area contributed by atoms with Gasteiger partial charge in [-0.3, -0.25) is 4.79 Å². The molecule has 112 valence electrons. The van der Waals surface area contributed by atoms with Crippen LogP contribution in [-0.2, 0) is 0 Å². The molecule has 0 bridgehead atoms. The molecule has 4 nitrogen and oxygen atoms in total. The second kappa shape index (κ2) is 5.85. The fourth-order valence-corrected chi connectivity index (χ4v) is 2.15. The van der Waals surface area contributed by atoms with Crippen molar-refractivity contribution in [1.29, 1.82) is 0 Å². The zero-order valence-electron chi connectivity index (χ0n) is 11.3. The quantitative estimate of drug-likeness (QED) is 0.764. The number of rotatable bonds is 4. The fraction of sp³-hybridized carbons (Fsp3) is 0.0625. The van der Waals surface area contributed by atoms with Gasteiger partial charge in [0, 0.05) is 10.9 Å².